The highest BCUT2D eigenvalue weighted by Crippen LogP contribution is 2.29. The van der Waals surface area contributed by atoms with Gasteiger partial charge in [-0.1, -0.05) is 37.8 Å². The van der Waals surface area contributed by atoms with Gasteiger partial charge in [-0.15, -0.1) is 0 Å². The summed E-state index contributed by atoms with van der Waals surface area (Å²) < 4.78 is 0. The van der Waals surface area contributed by atoms with Gasteiger partial charge in [0, 0.05) is 17.8 Å². The molecule has 0 saturated heterocycles. The van der Waals surface area contributed by atoms with Crippen molar-refractivity contribution in [1.82, 2.24) is 5.32 Å². The van der Waals surface area contributed by atoms with Crippen LogP contribution < -0.4 is 5.32 Å². The van der Waals surface area contributed by atoms with Gasteiger partial charge >= 0.3 is 0 Å². The lowest BCUT2D eigenvalue weighted by molar-refractivity contribution is 0.813. The molecular formula is C15H19N. The molecule has 1 aromatic carbocycles. The fourth-order valence-electron chi connectivity index (χ4n) is 2.42. The minimum absolute atomic E-state index is 1.00. The maximum absolute atomic E-state index is 4.08. The molecule has 1 aromatic rings. The minimum atomic E-state index is 1.00. The molecule has 1 heterocycles. The van der Waals surface area contributed by atoms with Crippen molar-refractivity contribution in [3.8, 4) is 0 Å². The van der Waals surface area contributed by atoms with E-state index in [0.29, 0.717) is 0 Å². The van der Waals surface area contributed by atoms with Crippen LogP contribution in [-0.2, 0) is 6.42 Å². The molecule has 1 aliphatic rings. The quantitative estimate of drug-likeness (QED) is 0.791. The van der Waals surface area contributed by atoms with E-state index in [0.717, 1.165) is 25.1 Å². The van der Waals surface area contributed by atoms with E-state index in [1.165, 1.54) is 22.3 Å². The first-order chi connectivity index (χ1) is 7.77. The smallest absolute Gasteiger partial charge is 0.0343 e. The zero-order valence-electron chi connectivity index (χ0n) is 10.1. The lowest BCUT2D eigenvalue weighted by Crippen LogP contribution is -2.22. The first-order valence-corrected chi connectivity index (χ1v) is 5.98. The molecule has 1 heteroatoms. The number of hydrogen-bond acceptors (Lipinski definition) is 1. The highest BCUT2D eigenvalue weighted by Gasteiger charge is 2.15. The van der Waals surface area contributed by atoms with Gasteiger partial charge in [-0.3, -0.25) is 0 Å². The summed E-state index contributed by atoms with van der Waals surface area (Å²) in [5.74, 6) is 0. The molecule has 1 aliphatic heterocycles. The van der Waals surface area contributed by atoms with E-state index < -0.39 is 0 Å². The SMILES string of the molecule is C=C1NCCc2c1cccc2/C(=C/C)CC. The average Bonchev–Trinajstić information content (AvgIpc) is 2.32. The number of fused-ring (bicyclic) bond motifs is 1. The molecule has 0 aromatic heterocycles. The van der Waals surface area contributed by atoms with Gasteiger partial charge in [0.2, 0.25) is 0 Å². The van der Waals surface area contributed by atoms with Crippen LogP contribution in [-0.4, -0.2) is 6.54 Å². The molecule has 1 N–H and O–H groups in total. The van der Waals surface area contributed by atoms with Crippen molar-refractivity contribution < 1.29 is 0 Å². The number of rotatable bonds is 2. The lowest BCUT2D eigenvalue weighted by atomic mass is 9.89. The molecule has 1 nitrogen and oxygen atoms in total. The number of hydrogen-bond donors (Lipinski definition) is 1. The van der Waals surface area contributed by atoms with Crippen molar-refractivity contribution in [1.29, 1.82) is 0 Å². The predicted octanol–water partition coefficient (Wildman–Crippen LogP) is 3.62. The number of benzene rings is 1. The lowest BCUT2D eigenvalue weighted by Gasteiger charge is -2.23. The van der Waals surface area contributed by atoms with E-state index in [-0.39, 0.29) is 0 Å². The van der Waals surface area contributed by atoms with Crippen LogP contribution in [0, 0.1) is 0 Å². The summed E-state index contributed by atoms with van der Waals surface area (Å²) in [4.78, 5) is 0. The van der Waals surface area contributed by atoms with E-state index >= 15 is 0 Å². The van der Waals surface area contributed by atoms with Crippen LogP contribution >= 0.6 is 0 Å². The van der Waals surface area contributed by atoms with E-state index in [4.69, 9.17) is 0 Å². The van der Waals surface area contributed by atoms with E-state index in [1.807, 2.05) is 0 Å². The van der Waals surface area contributed by atoms with Gasteiger partial charge in [-0.25, -0.2) is 0 Å². The normalized spacial score (nSPS) is 15.6. The summed E-state index contributed by atoms with van der Waals surface area (Å²) in [6, 6.07) is 6.53. The molecule has 16 heavy (non-hydrogen) atoms. The zero-order valence-corrected chi connectivity index (χ0v) is 10.1. The summed E-state index contributed by atoms with van der Waals surface area (Å²) in [6.45, 7) is 9.41. The van der Waals surface area contributed by atoms with Crippen molar-refractivity contribution in [3.05, 3.63) is 47.5 Å². The molecule has 2 rings (SSSR count). The molecule has 0 atom stereocenters. The number of nitrogens with one attached hydrogen (secondary N) is 1. The van der Waals surface area contributed by atoms with Crippen LogP contribution in [0.25, 0.3) is 11.3 Å². The van der Waals surface area contributed by atoms with Gasteiger partial charge in [0.1, 0.15) is 0 Å². The predicted molar refractivity (Wildman–Crippen MR) is 71.1 cm³/mol. The molecule has 0 amide bonds. The first-order valence-electron chi connectivity index (χ1n) is 5.98. The van der Waals surface area contributed by atoms with Crippen LogP contribution in [0.2, 0.25) is 0 Å². The first kappa shape index (κ1) is 11.0. The third kappa shape index (κ3) is 1.78. The van der Waals surface area contributed by atoms with Crippen molar-refractivity contribution >= 4 is 11.3 Å². The van der Waals surface area contributed by atoms with Crippen LogP contribution in [0.3, 0.4) is 0 Å². The van der Waals surface area contributed by atoms with Crippen LogP contribution in [0.15, 0.2) is 30.9 Å². The minimum Gasteiger partial charge on any atom is -0.385 e. The van der Waals surface area contributed by atoms with Gasteiger partial charge in [0.15, 0.2) is 0 Å². The Balaban J connectivity index is 2.56. The Morgan fingerprint density at radius 2 is 2.31 bits per heavy atom. The standard InChI is InChI=1S/C15H19N/c1-4-12(5-2)14-8-6-7-13-11(3)16-10-9-15(13)14/h4,6-8,16H,3,5,9-10H2,1-2H3/b12-4+. The Hall–Kier alpha value is -1.50. The summed E-state index contributed by atoms with van der Waals surface area (Å²) in [5.41, 5.74) is 6.66. The molecule has 0 saturated carbocycles. The third-order valence-electron chi connectivity index (χ3n) is 3.29. The fraction of sp³-hybridized carbons (Fsp3) is 0.333. The molecular weight excluding hydrogens is 194 g/mol. The van der Waals surface area contributed by atoms with Gasteiger partial charge in [-0.05, 0) is 36.5 Å². The second kappa shape index (κ2) is 4.56. The highest BCUT2D eigenvalue weighted by atomic mass is 14.9. The van der Waals surface area contributed by atoms with Crippen molar-refractivity contribution in [2.45, 2.75) is 26.7 Å². The molecule has 0 fully saturated rings. The summed E-state index contributed by atoms with van der Waals surface area (Å²) >= 11 is 0. The summed E-state index contributed by atoms with van der Waals surface area (Å²) in [6.07, 6.45) is 4.41. The molecule has 0 unspecified atom stereocenters. The second-order valence-electron chi connectivity index (χ2n) is 4.15. The van der Waals surface area contributed by atoms with Crippen LogP contribution in [0.4, 0.5) is 0 Å². The summed E-state index contributed by atoms with van der Waals surface area (Å²) in [5, 5.41) is 3.33. The van der Waals surface area contributed by atoms with Crippen LogP contribution in [0.1, 0.15) is 37.0 Å². The summed E-state index contributed by atoms with van der Waals surface area (Å²) in [7, 11) is 0. The fourth-order valence-corrected chi connectivity index (χ4v) is 2.42. The Labute approximate surface area is 97.9 Å². The second-order valence-corrected chi connectivity index (χ2v) is 4.15. The molecule has 0 spiro atoms. The van der Waals surface area contributed by atoms with Crippen molar-refractivity contribution in [2.24, 2.45) is 0 Å². The Morgan fingerprint density at radius 3 is 3.00 bits per heavy atom. The van der Waals surface area contributed by atoms with Gasteiger partial charge in [0.05, 0.1) is 0 Å². The van der Waals surface area contributed by atoms with Gasteiger partial charge < -0.3 is 5.32 Å². The monoisotopic (exact) mass is 213 g/mol. The van der Waals surface area contributed by atoms with Crippen molar-refractivity contribution in [3.63, 3.8) is 0 Å². The maximum Gasteiger partial charge on any atom is 0.0343 e. The molecule has 84 valence electrons. The topological polar surface area (TPSA) is 12.0 Å². The Bertz CT molecular complexity index is 441. The Morgan fingerprint density at radius 1 is 1.50 bits per heavy atom. The third-order valence-corrected chi connectivity index (χ3v) is 3.29. The maximum atomic E-state index is 4.08. The van der Waals surface area contributed by atoms with Crippen molar-refractivity contribution in [2.75, 3.05) is 6.54 Å². The van der Waals surface area contributed by atoms with E-state index in [1.54, 1.807) is 0 Å². The van der Waals surface area contributed by atoms with Gasteiger partial charge in [0.25, 0.3) is 0 Å². The Kier molecular flexibility index (Phi) is 3.14. The molecule has 0 aliphatic carbocycles. The number of allylic oxidation sites excluding steroid dienone is 2. The molecule has 0 radical (unpaired) electrons. The van der Waals surface area contributed by atoms with E-state index in [2.05, 4.69) is 50.0 Å². The average molecular weight is 213 g/mol. The van der Waals surface area contributed by atoms with Gasteiger partial charge in [-0.2, -0.15) is 0 Å². The van der Waals surface area contributed by atoms with Crippen LogP contribution in [0.5, 0.6) is 0 Å². The largest absolute Gasteiger partial charge is 0.385 e. The zero-order chi connectivity index (χ0) is 11.5. The van der Waals surface area contributed by atoms with E-state index in [9.17, 15) is 0 Å². The molecule has 0 bridgehead atoms. The highest BCUT2D eigenvalue weighted by molar-refractivity contribution is 5.76.